The van der Waals surface area contributed by atoms with Crippen molar-refractivity contribution in [3.63, 3.8) is 0 Å². The smallest absolute Gasteiger partial charge is 0.339 e. The molecule has 1 unspecified atom stereocenters. The third-order valence-corrected chi connectivity index (χ3v) is 5.73. The van der Waals surface area contributed by atoms with Gasteiger partial charge < -0.3 is 10.1 Å². The van der Waals surface area contributed by atoms with Gasteiger partial charge in [-0.3, -0.25) is 9.78 Å². The van der Waals surface area contributed by atoms with E-state index in [1.165, 1.54) is 0 Å². The molecule has 0 aliphatic heterocycles. The molecule has 3 rings (SSSR count). The second kappa shape index (κ2) is 8.52. The molecule has 1 heterocycles. The molecule has 1 aliphatic rings. The Morgan fingerprint density at radius 3 is 2.66 bits per heavy atom. The van der Waals surface area contributed by atoms with Gasteiger partial charge in [0.05, 0.1) is 11.1 Å². The first-order valence-electron chi connectivity index (χ1n) is 10.5. The van der Waals surface area contributed by atoms with Crippen molar-refractivity contribution in [2.75, 3.05) is 13.2 Å². The van der Waals surface area contributed by atoms with Gasteiger partial charge in [-0.15, -0.1) is 0 Å². The fourth-order valence-electron chi connectivity index (χ4n) is 3.93. The second-order valence-electron chi connectivity index (χ2n) is 9.51. The molecule has 1 aromatic heterocycles. The van der Waals surface area contributed by atoms with E-state index in [9.17, 15) is 9.59 Å². The normalized spacial score (nSPS) is 16.6. The third kappa shape index (κ3) is 4.95. The number of hydrogen-bond donors (Lipinski definition) is 1. The summed E-state index contributed by atoms with van der Waals surface area (Å²) in [5.41, 5.74) is 3.51. The molecule has 0 bridgehead atoms. The number of esters is 1. The lowest BCUT2D eigenvalue weighted by atomic mass is 9.70. The molecule has 0 saturated heterocycles. The van der Waals surface area contributed by atoms with Crippen LogP contribution in [0.5, 0.6) is 0 Å². The van der Waals surface area contributed by atoms with Crippen molar-refractivity contribution in [3.8, 4) is 0 Å². The zero-order valence-corrected chi connectivity index (χ0v) is 18.2. The summed E-state index contributed by atoms with van der Waals surface area (Å²) in [6.45, 7) is 11.1. The fourth-order valence-corrected chi connectivity index (χ4v) is 3.93. The van der Waals surface area contributed by atoms with Gasteiger partial charge in [0.2, 0.25) is 0 Å². The zero-order valence-electron chi connectivity index (χ0n) is 18.2. The molecule has 29 heavy (non-hydrogen) atoms. The molecule has 0 fully saturated rings. The molecule has 5 heteroatoms. The first-order chi connectivity index (χ1) is 13.7. The van der Waals surface area contributed by atoms with Gasteiger partial charge >= 0.3 is 5.97 Å². The SMILES string of the molecule is CC(C)CNC(=O)COC(=O)c1c2c(nc3ccccc13)CCC(C(C)(C)C)C2. The lowest BCUT2D eigenvalue weighted by Crippen LogP contribution is -2.32. The number of pyridine rings is 1. The minimum absolute atomic E-state index is 0.154. The Kier molecular flexibility index (Phi) is 6.25. The largest absolute Gasteiger partial charge is 0.452 e. The van der Waals surface area contributed by atoms with Crippen molar-refractivity contribution in [1.29, 1.82) is 0 Å². The van der Waals surface area contributed by atoms with Crippen LogP contribution in [0.1, 0.15) is 62.7 Å². The van der Waals surface area contributed by atoms with Crippen LogP contribution in [-0.2, 0) is 22.4 Å². The van der Waals surface area contributed by atoms with Crippen LogP contribution in [0.2, 0.25) is 0 Å². The van der Waals surface area contributed by atoms with Gasteiger partial charge in [-0.25, -0.2) is 4.79 Å². The number of nitrogens with zero attached hydrogens (tertiary/aromatic N) is 1. The standard InChI is InChI=1S/C24H32N2O3/c1-15(2)13-25-21(27)14-29-23(28)22-17-8-6-7-9-19(17)26-20-11-10-16(12-18(20)22)24(3,4)5/h6-9,15-16H,10-14H2,1-5H3,(H,25,27). The molecule has 1 N–H and O–H groups in total. The molecule has 2 aromatic rings. The summed E-state index contributed by atoms with van der Waals surface area (Å²) in [7, 11) is 0. The van der Waals surface area contributed by atoms with Gasteiger partial charge in [-0.05, 0) is 48.1 Å². The maximum Gasteiger partial charge on any atom is 0.339 e. The lowest BCUT2D eigenvalue weighted by Gasteiger charge is -2.35. The average molecular weight is 397 g/mol. The van der Waals surface area contributed by atoms with Crippen LogP contribution in [0.25, 0.3) is 10.9 Å². The van der Waals surface area contributed by atoms with Gasteiger partial charge in [0.25, 0.3) is 5.91 Å². The minimum Gasteiger partial charge on any atom is -0.452 e. The number of hydrogen-bond acceptors (Lipinski definition) is 4. The summed E-state index contributed by atoms with van der Waals surface area (Å²) in [6.07, 6.45) is 2.73. The highest BCUT2D eigenvalue weighted by molar-refractivity contribution is 6.05. The summed E-state index contributed by atoms with van der Waals surface area (Å²) in [6, 6.07) is 7.68. The van der Waals surface area contributed by atoms with E-state index >= 15 is 0 Å². The van der Waals surface area contributed by atoms with Crippen molar-refractivity contribution >= 4 is 22.8 Å². The first kappa shape index (κ1) is 21.3. The molecule has 1 amide bonds. The fraction of sp³-hybridized carbons (Fsp3) is 0.542. The van der Waals surface area contributed by atoms with E-state index in [-0.39, 0.29) is 17.9 Å². The van der Waals surface area contributed by atoms with E-state index in [0.29, 0.717) is 23.9 Å². The number of rotatable bonds is 5. The Bertz CT molecular complexity index is 912. The number of aromatic nitrogens is 1. The van der Waals surface area contributed by atoms with Crippen LogP contribution in [-0.4, -0.2) is 30.0 Å². The van der Waals surface area contributed by atoms with E-state index in [4.69, 9.17) is 9.72 Å². The van der Waals surface area contributed by atoms with Crippen molar-refractivity contribution in [2.45, 2.75) is 53.9 Å². The average Bonchev–Trinajstić information content (AvgIpc) is 2.67. The number of carbonyl (C=O) groups excluding carboxylic acids is 2. The highest BCUT2D eigenvalue weighted by atomic mass is 16.5. The Morgan fingerprint density at radius 2 is 1.97 bits per heavy atom. The van der Waals surface area contributed by atoms with Gasteiger partial charge in [-0.2, -0.15) is 0 Å². The summed E-state index contributed by atoms with van der Waals surface area (Å²) in [5.74, 6) is 0.111. The van der Waals surface area contributed by atoms with Crippen LogP contribution in [0, 0.1) is 17.3 Å². The van der Waals surface area contributed by atoms with E-state index in [1.54, 1.807) is 0 Å². The molecule has 0 radical (unpaired) electrons. The maximum atomic E-state index is 13.1. The van der Waals surface area contributed by atoms with E-state index in [2.05, 4.69) is 26.1 Å². The molecule has 1 aromatic carbocycles. The lowest BCUT2D eigenvalue weighted by molar-refractivity contribution is -0.124. The van der Waals surface area contributed by atoms with E-state index in [0.717, 1.165) is 41.4 Å². The predicted octanol–water partition coefficient (Wildman–Crippen LogP) is 4.31. The third-order valence-electron chi connectivity index (χ3n) is 5.73. The van der Waals surface area contributed by atoms with Crippen molar-refractivity contribution in [2.24, 2.45) is 17.3 Å². The Morgan fingerprint density at radius 1 is 1.24 bits per heavy atom. The van der Waals surface area contributed by atoms with Crippen LogP contribution in [0.4, 0.5) is 0 Å². The summed E-state index contributed by atoms with van der Waals surface area (Å²) >= 11 is 0. The number of aryl methyl sites for hydroxylation is 1. The van der Waals surface area contributed by atoms with Crippen molar-refractivity contribution in [3.05, 3.63) is 41.1 Å². The Labute approximate surface area is 173 Å². The van der Waals surface area contributed by atoms with Crippen LogP contribution in [0.3, 0.4) is 0 Å². The highest BCUT2D eigenvalue weighted by Gasteiger charge is 2.33. The maximum absolute atomic E-state index is 13.1. The molecule has 0 spiro atoms. The van der Waals surface area contributed by atoms with E-state index < -0.39 is 5.97 Å². The number of ether oxygens (including phenoxy) is 1. The number of carbonyl (C=O) groups is 2. The first-order valence-corrected chi connectivity index (χ1v) is 10.5. The monoisotopic (exact) mass is 396 g/mol. The number of nitrogens with one attached hydrogen (secondary N) is 1. The summed E-state index contributed by atoms with van der Waals surface area (Å²) < 4.78 is 5.44. The second-order valence-corrected chi connectivity index (χ2v) is 9.51. The van der Waals surface area contributed by atoms with Gasteiger partial charge in [0.1, 0.15) is 0 Å². The zero-order chi connectivity index (χ0) is 21.2. The molecular weight excluding hydrogens is 364 g/mol. The molecule has 1 atom stereocenters. The van der Waals surface area contributed by atoms with Crippen molar-refractivity contribution < 1.29 is 14.3 Å². The number of benzene rings is 1. The summed E-state index contributed by atoms with van der Waals surface area (Å²) in [4.78, 5) is 30.0. The number of fused-ring (bicyclic) bond motifs is 2. The topological polar surface area (TPSA) is 68.3 Å². The van der Waals surface area contributed by atoms with Crippen molar-refractivity contribution in [1.82, 2.24) is 10.3 Å². The summed E-state index contributed by atoms with van der Waals surface area (Å²) in [5, 5.41) is 3.59. The number of amides is 1. The van der Waals surface area contributed by atoms with E-state index in [1.807, 2.05) is 38.1 Å². The van der Waals surface area contributed by atoms with Crippen LogP contribution in [0.15, 0.2) is 24.3 Å². The Balaban J connectivity index is 1.91. The van der Waals surface area contributed by atoms with Gasteiger partial charge in [-0.1, -0.05) is 52.8 Å². The molecular formula is C24H32N2O3. The minimum atomic E-state index is -0.436. The molecule has 1 aliphatic carbocycles. The van der Waals surface area contributed by atoms with Gasteiger partial charge in [0.15, 0.2) is 6.61 Å². The van der Waals surface area contributed by atoms with Crippen LogP contribution < -0.4 is 5.32 Å². The molecule has 5 nitrogen and oxygen atoms in total. The highest BCUT2D eigenvalue weighted by Crippen LogP contribution is 2.39. The van der Waals surface area contributed by atoms with Crippen LogP contribution >= 0.6 is 0 Å². The quantitative estimate of drug-likeness (QED) is 0.765. The van der Waals surface area contributed by atoms with Gasteiger partial charge in [0, 0.05) is 17.6 Å². The molecule has 0 saturated carbocycles. The number of para-hydroxylation sites is 1. The predicted molar refractivity (Wildman–Crippen MR) is 115 cm³/mol. The Hall–Kier alpha value is -2.43. The molecule has 156 valence electrons.